The fourth-order valence-corrected chi connectivity index (χ4v) is 2.92. The topological polar surface area (TPSA) is 73.9 Å². The van der Waals surface area contributed by atoms with Crippen LogP contribution in [0.15, 0.2) is 18.2 Å². The lowest BCUT2D eigenvalue weighted by Crippen LogP contribution is -2.42. The fraction of sp³-hybridized carbons (Fsp3) is 0.652. The molecule has 0 fully saturated rings. The molecule has 6 heteroatoms. The molecule has 1 N–H and O–H groups in total. The predicted molar refractivity (Wildman–Crippen MR) is 116 cm³/mol. The highest BCUT2D eigenvalue weighted by atomic mass is 16.5. The highest BCUT2D eigenvalue weighted by Crippen LogP contribution is 2.27. The van der Waals surface area contributed by atoms with Crippen LogP contribution in [0, 0.1) is 0 Å². The molecule has 0 saturated carbocycles. The van der Waals surface area contributed by atoms with Gasteiger partial charge >= 0.3 is 5.97 Å². The zero-order valence-electron chi connectivity index (χ0n) is 18.8. The van der Waals surface area contributed by atoms with Gasteiger partial charge in [0.05, 0.1) is 12.7 Å². The number of carbonyl (C=O) groups excluding carboxylic acids is 2. The third-order valence-corrected chi connectivity index (χ3v) is 4.84. The van der Waals surface area contributed by atoms with Crippen molar-refractivity contribution >= 4 is 17.6 Å². The zero-order chi connectivity index (χ0) is 21.9. The van der Waals surface area contributed by atoms with Gasteiger partial charge in [-0.3, -0.25) is 4.79 Å². The van der Waals surface area contributed by atoms with E-state index in [-0.39, 0.29) is 18.6 Å². The molecule has 1 aromatic rings. The van der Waals surface area contributed by atoms with Crippen LogP contribution in [0.4, 0.5) is 5.69 Å². The third-order valence-electron chi connectivity index (χ3n) is 4.84. The molecule has 164 valence electrons. The highest BCUT2D eigenvalue weighted by Gasteiger charge is 2.33. The van der Waals surface area contributed by atoms with Gasteiger partial charge < -0.3 is 19.5 Å². The van der Waals surface area contributed by atoms with Gasteiger partial charge in [0.15, 0.2) is 0 Å². The smallest absolute Gasteiger partial charge is 0.341 e. The minimum Gasteiger partial charge on any atom is -0.490 e. The van der Waals surface area contributed by atoms with Crippen molar-refractivity contribution in [1.29, 1.82) is 0 Å². The van der Waals surface area contributed by atoms with Crippen LogP contribution in [0.1, 0.15) is 84.0 Å². The van der Waals surface area contributed by atoms with E-state index in [0.717, 1.165) is 25.7 Å². The summed E-state index contributed by atoms with van der Waals surface area (Å²) >= 11 is 0. The molecular formula is C23H37NO5. The molecule has 0 aliphatic carbocycles. The number of rotatable bonds is 13. The summed E-state index contributed by atoms with van der Waals surface area (Å²) in [5.41, 5.74) is -0.107. The molecule has 1 amide bonds. The van der Waals surface area contributed by atoms with E-state index >= 15 is 0 Å². The van der Waals surface area contributed by atoms with Crippen LogP contribution in [0.5, 0.6) is 5.75 Å². The van der Waals surface area contributed by atoms with Crippen LogP contribution in [-0.2, 0) is 14.3 Å². The van der Waals surface area contributed by atoms with Gasteiger partial charge in [0.2, 0.25) is 0 Å². The van der Waals surface area contributed by atoms with Gasteiger partial charge in [-0.2, -0.15) is 0 Å². The molecule has 0 saturated heterocycles. The normalized spacial score (nSPS) is 14.0. The molecule has 0 spiro atoms. The lowest BCUT2D eigenvalue weighted by Gasteiger charge is -2.28. The van der Waals surface area contributed by atoms with E-state index in [0.29, 0.717) is 30.0 Å². The van der Waals surface area contributed by atoms with Crippen molar-refractivity contribution in [3.63, 3.8) is 0 Å². The van der Waals surface area contributed by atoms with Gasteiger partial charge in [-0.1, -0.05) is 33.1 Å². The summed E-state index contributed by atoms with van der Waals surface area (Å²) in [6.45, 7) is 12.2. The summed E-state index contributed by atoms with van der Waals surface area (Å²) in [5, 5.41) is 2.90. The number of amides is 1. The molecular weight excluding hydrogens is 370 g/mol. The number of hydrogen-bond acceptors (Lipinski definition) is 5. The van der Waals surface area contributed by atoms with E-state index in [4.69, 9.17) is 14.2 Å². The van der Waals surface area contributed by atoms with Crippen molar-refractivity contribution in [1.82, 2.24) is 0 Å². The monoisotopic (exact) mass is 407 g/mol. The van der Waals surface area contributed by atoms with Crippen LogP contribution in [0.3, 0.4) is 0 Å². The molecule has 0 radical (unpaired) electrons. The number of benzene rings is 1. The van der Waals surface area contributed by atoms with Crippen LogP contribution in [0.2, 0.25) is 0 Å². The van der Waals surface area contributed by atoms with Gasteiger partial charge in [0.25, 0.3) is 5.91 Å². The van der Waals surface area contributed by atoms with Crippen LogP contribution in [-0.4, -0.2) is 36.8 Å². The van der Waals surface area contributed by atoms with E-state index in [1.54, 1.807) is 25.1 Å². The van der Waals surface area contributed by atoms with Gasteiger partial charge in [-0.15, -0.1) is 0 Å². The van der Waals surface area contributed by atoms with E-state index in [2.05, 4.69) is 12.2 Å². The van der Waals surface area contributed by atoms with E-state index in [1.807, 2.05) is 27.7 Å². The van der Waals surface area contributed by atoms with E-state index in [1.165, 1.54) is 0 Å². The Morgan fingerprint density at radius 2 is 1.83 bits per heavy atom. The minimum absolute atomic E-state index is 0.0385. The second kappa shape index (κ2) is 12.5. The Bertz CT molecular complexity index is 661. The van der Waals surface area contributed by atoms with Crippen LogP contribution < -0.4 is 10.1 Å². The quantitative estimate of drug-likeness (QED) is 0.352. The van der Waals surface area contributed by atoms with Crippen LogP contribution in [0.25, 0.3) is 0 Å². The molecule has 1 rings (SSSR count). The largest absolute Gasteiger partial charge is 0.490 e. The molecule has 6 nitrogen and oxygen atoms in total. The number of nitrogens with one attached hydrogen (secondary N) is 1. The number of hydrogen-bond donors (Lipinski definition) is 1. The van der Waals surface area contributed by atoms with E-state index in [9.17, 15) is 9.59 Å². The molecule has 0 aliphatic rings. The Morgan fingerprint density at radius 3 is 2.41 bits per heavy atom. The number of unbranched alkanes of at least 4 members (excludes halogenated alkanes) is 2. The van der Waals surface area contributed by atoms with Gasteiger partial charge in [-0.25, -0.2) is 4.79 Å². The van der Waals surface area contributed by atoms with Crippen molar-refractivity contribution < 1.29 is 23.8 Å². The maximum Gasteiger partial charge on any atom is 0.341 e. The predicted octanol–water partition coefficient (Wildman–Crippen LogP) is 5.35. The molecule has 0 aliphatic heterocycles. The van der Waals surface area contributed by atoms with Crippen molar-refractivity contribution in [3.8, 4) is 5.75 Å². The lowest BCUT2D eigenvalue weighted by molar-refractivity contribution is -0.139. The number of ether oxygens (including phenoxy) is 3. The van der Waals surface area contributed by atoms with Gasteiger partial charge in [-0.05, 0) is 58.7 Å². The first-order valence-corrected chi connectivity index (χ1v) is 10.7. The summed E-state index contributed by atoms with van der Waals surface area (Å²) in [7, 11) is 0. The van der Waals surface area contributed by atoms with E-state index < -0.39 is 11.6 Å². The Hall–Kier alpha value is -2.08. The Kier molecular flexibility index (Phi) is 10.7. The Balaban J connectivity index is 3.08. The van der Waals surface area contributed by atoms with Gasteiger partial charge in [0.1, 0.15) is 16.9 Å². The average Bonchev–Trinajstić information content (AvgIpc) is 2.69. The number of esters is 1. The minimum atomic E-state index is -0.917. The average molecular weight is 408 g/mol. The number of carbonyl (C=O) groups is 2. The first-order valence-electron chi connectivity index (χ1n) is 10.7. The lowest BCUT2D eigenvalue weighted by atomic mass is 9.96. The summed E-state index contributed by atoms with van der Waals surface area (Å²) in [6.07, 6.45) is 4.44. The molecule has 1 aromatic carbocycles. The van der Waals surface area contributed by atoms with Crippen molar-refractivity contribution in [2.45, 2.75) is 85.4 Å². The SMILES string of the molecule is CCCCC[C@@](C)(OCC)C(=O)Nc1ccc(O[C@@H](C)CC)c(C(=O)OCC)c1. The summed E-state index contributed by atoms with van der Waals surface area (Å²) in [4.78, 5) is 25.4. The first-order chi connectivity index (χ1) is 13.8. The van der Waals surface area contributed by atoms with Gasteiger partial charge in [0, 0.05) is 12.3 Å². The van der Waals surface area contributed by atoms with Crippen LogP contribution >= 0.6 is 0 Å². The Labute approximate surface area is 175 Å². The summed E-state index contributed by atoms with van der Waals surface area (Å²) in [6, 6.07) is 5.03. The van der Waals surface area contributed by atoms with Crippen molar-refractivity contribution in [3.05, 3.63) is 23.8 Å². The maximum atomic E-state index is 13.0. The fourth-order valence-electron chi connectivity index (χ4n) is 2.92. The highest BCUT2D eigenvalue weighted by molar-refractivity contribution is 5.99. The Morgan fingerprint density at radius 1 is 1.10 bits per heavy atom. The number of anilines is 1. The molecule has 0 aromatic heterocycles. The molecule has 0 unspecified atom stereocenters. The molecule has 29 heavy (non-hydrogen) atoms. The van der Waals surface area contributed by atoms with Crippen molar-refractivity contribution in [2.75, 3.05) is 18.5 Å². The summed E-state index contributed by atoms with van der Waals surface area (Å²) in [5.74, 6) is -0.246. The second-order valence-corrected chi connectivity index (χ2v) is 7.34. The molecule has 0 bridgehead atoms. The maximum absolute atomic E-state index is 13.0. The second-order valence-electron chi connectivity index (χ2n) is 7.34. The standard InChI is InChI=1S/C23H37NO5/c1-7-11-12-15-23(6,28-10-4)22(26)24-18-13-14-20(29-17(5)8-2)19(16-18)21(25)27-9-3/h13-14,16-17H,7-12,15H2,1-6H3,(H,24,26)/t17-,23+/m0/s1. The van der Waals surface area contributed by atoms with Crippen molar-refractivity contribution in [2.24, 2.45) is 0 Å². The zero-order valence-corrected chi connectivity index (χ0v) is 18.8. The summed E-state index contributed by atoms with van der Waals surface area (Å²) < 4.78 is 16.8. The third kappa shape index (κ3) is 7.69. The molecule has 2 atom stereocenters. The molecule has 0 heterocycles. The first kappa shape index (κ1) is 25.0.